The lowest BCUT2D eigenvalue weighted by Gasteiger charge is -2.09. The maximum absolute atomic E-state index is 3.77. The van der Waals surface area contributed by atoms with Crippen molar-refractivity contribution in [1.29, 1.82) is 0 Å². The summed E-state index contributed by atoms with van der Waals surface area (Å²) >= 11 is 5.64. The molecule has 1 heterocycles. The van der Waals surface area contributed by atoms with Crippen molar-refractivity contribution in [2.75, 3.05) is 0 Å². The molecule has 2 rings (SSSR count). The zero-order valence-electron chi connectivity index (χ0n) is 8.83. The van der Waals surface area contributed by atoms with Crippen molar-refractivity contribution >= 4 is 27.3 Å². The number of alkyl halides is 1. The minimum Gasteiger partial charge on any atom is -0.144 e. The van der Waals surface area contributed by atoms with Crippen LogP contribution in [0, 0.1) is 13.8 Å². The van der Waals surface area contributed by atoms with Crippen molar-refractivity contribution in [3.05, 3.63) is 57.3 Å². The minimum atomic E-state index is 0.331. The summed E-state index contributed by atoms with van der Waals surface area (Å²) in [5, 5.41) is 0. The van der Waals surface area contributed by atoms with Crippen molar-refractivity contribution in [2.24, 2.45) is 0 Å². The Morgan fingerprint density at radius 2 is 1.80 bits per heavy atom. The molecular weight excluding hydrogens is 268 g/mol. The molecule has 1 aromatic heterocycles. The Morgan fingerprint density at radius 1 is 1.13 bits per heavy atom. The molecule has 0 saturated heterocycles. The summed E-state index contributed by atoms with van der Waals surface area (Å²) in [7, 11) is 0. The summed E-state index contributed by atoms with van der Waals surface area (Å²) in [6, 6.07) is 12.8. The van der Waals surface area contributed by atoms with E-state index in [0.717, 1.165) is 0 Å². The van der Waals surface area contributed by atoms with Crippen LogP contribution >= 0.6 is 27.3 Å². The molecular formula is C13H13BrS. The highest BCUT2D eigenvalue weighted by Crippen LogP contribution is 2.37. The van der Waals surface area contributed by atoms with Gasteiger partial charge in [0.2, 0.25) is 0 Å². The Morgan fingerprint density at radius 3 is 2.33 bits per heavy atom. The number of aryl methyl sites for hydroxylation is 2. The van der Waals surface area contributed by atoms with E-state index in [9.17, 15) is 0 Å². The molecule has 0 aliphatic rings. The van der Waals surface area contributed by atoms with Gasteiger partial charge in [-0.2, -0.15) is 0 Å². The molecule has 0 bridgehead atoms. The lowest BCUT2D eigenvalue weighted by Crippen LogP contribution is -1.90. The van der Waals surface area contributed by atoms with Crippen molar-refractivity contribution in [1.82, 2.24) is 0 Å². The molecule has 1 aromatic carbocycles. The van der Waals surface area contributed by atoms with E-state index in [1.807, 2.05) is 11.3 Å². The summed E-state index contributed by atoms with van der Waals surface area (Å²) in [6.45, 7) is 4.34. The molecule has 0 radical (unpaired) electrons. The summed E-state index contributed by atoms with van der Waals surface area (Å²) in [5.74, 6) is 0. The van der Waals surface area contributed by atoms with E-state index in [2.05, 4.69) is 66.2 Å². The smallest absolute Gasteiger partial charge is 0.0740 e. The molecule has 1 unspecified atom stereocenters. The normalized spacial score (nSPS) is 12.7. The second kappa shape index (κ2) is 4.50. The number of benzene rings is 1. The molecule has 0 N–H and O–H groups in total. The fraction of sp³-hybridized carbons (Fsp3) is 0.231. The lowest BCUT2D eigenvalue weighted by molar-refractivity contribution is 1.19. The standard InChI is InChI=1S/C13H13BrS/c1-9-8-10(2)15-13(9)12(14)11-6-4-3-5-7-11/h3-8,12H,1-2H3. The zero-order valence-corrected chi connectivity index (χ0v) is 11.2. The highest BCUT2D eigenvalue weighted by atomic mass is 79.9. The monoisotopic (exact) mass is 280 g/mol. The van der Waals surface area contributed by atoms with Gasteiger partial charge in [0.15, 0.2) is 0 Å². The zero-order chi connectivity index (χ0) is 10.8. The molecule has 0 nitrogen and oxygen atoms in total. The van der Waals surface area contributed by atoms with Gasteiger partial charge in [-0.3, -0.25) is 0 Å². The van der Waals surface area contributed by atoms with E-state index < -0.39 is 0 Å². The number of hydrogen-bond acceptors (Lipinski definition) is 1. The van der Waals surface area contributed by atoms with Crippen LogP contribution in [0.3, 0.4) is 0 Å². The molecule has 15 heavy (non-hydrogen) atoms. The Labute approximate surface area is 103 Å². The van der Waals surface area contributed by atoms with Gasteiger partial charge in [-0.1, -0.05) is 46.3 Å². The van der Waals surface area contributed by atoms with Gasteiger partial charge in [0.1, 0.15) is 0 Å². The quantitative estimate of drug-likeness (QED) is 0.690. The second-order valence-electron chi connectivity index (χ2n) is 3.68. The largest absolute Gasteiger partial charge is 0.144 e. The average molecular weight is 281 g/mol. The molecule has 78 valence electrons. The molecule has 0 fully saturated rings. The van der Waals surface area contributed by atoms with Gasteiger partial charge in [0.05, 0.1) is 4.83 Å². The fourth-order valence-electron chi connectivity index (χ4n) is 1.68. The number of hydrogen-bond donors (Lipinski definition) is 0. The van der Waals surface area contributed by atoms with Gasteiger partial charge in [-0.15, -0.1) is 11.3 Å². The Kier molecular flexibility index (Phi) is 3.27. The van der Waals surface area contributed by atoms with E-state index in [4.69, 9.17) is 0 Å². The van der Waals surface area contributed by atoms with Crippen molar-refractivity contribution in [3.63, 3.8) is 0 Å². The van der Waals surface area contributed by atoms with Gasteiger partial charge in [0, 0.05) is 9.75 Å². The van der Waals surface area contributed by atoms with Crippen LogP contribution in [0.2, 0.25) is 0 Å². The topological polar surface area (TPSA) is 0 Å². The summed E-state index contributed by atoms with van der Waals surface area (Å²) in [4.78, 5) is 3.12. The molecule has 0 aliphatic heterocycles. The van der Waals surface area contributed by atoms with Crippen LogP contribution in [0.1, 0.15) is 25.7 Å². The van der Waals surface area contributed by atoms with Crippen molar-refractivity contribution in [3.8, 4) is 0 Å². The first kappa shape index (κ1) is 10.9. The summed E-state index contributed by atoms with van der Waals surface area (Å²) < 4.78 is 0. The Bertz CT molecular complexity index is 445. The van der Waals surface area contributed by atoms with Gasteiger partial charge < -0.3 is 0 Å². The molecule has 2 aromatic rings. The van der Waals surface area contributed by atoms with Crippen LogP contribution in [0.25, 0.3) is 0 Å². The predicted molar refractivity (Wildman–Crippen MR) is 71.0 cm³/mol. The highest BCUT2D eigenvalue weighted by molar-refractivity contribution is 9.09. The van der Waals surface area contributed by atoms with E-state index >= 15 is 0 Å². The molecule has 0 spiro atoms. The third-order valence-corrected chi connectivity index (χ3v) is 4.91. The molecule has 0 amide bonds. The third-order valence-electron chi connectivity index (χ3n) is 2.40. The van der Waals surface area contributed by atoms with Crippen LogP contribution in [0.15, 0.2) is 36.4 Å². The summed E-state index contributed by atoms with van der Waals surface area (Å²) in [5.41, 5.74) is 2.70. The second-order valence-corrected chi connectivity index (χ2v) is 5.88. The van der Waals surface area contributed by atoms with Gasteiger partial charge in [0.25, 0.3) is 0 Å². The first-order valence-corrected chi connectivity index (χ1v) is 6.67. The van der Waals surface area contributed by atoms with Crippen molar-refractivity contribution < 1.29 is 0 Å². The first-order chi connectivity index (χ1) is 7.18. The number of halogens is 1. The fourth-order valence-corrected chi connectivity index (χ4v) is 3.67. The molecule has 0 aliphatic carbocycles. The van der Waals surface area contributed by atoms with Crippen LogP contribution in [-0.4, -0.2) is 0 Å². The first-order valence-electron chi connectivity index (χ1n) is 4.94. The predicted octanol–water partition coefficient (Wildman–Crippen LogP) is 4.85. The Balaban J connectivity index is 2.36. The third kappa shape index (κ3) is 2.32. The molecule has 2 heteroatoms. The SMILES string of the molecule is Cc1cc(C)c(C(Br)c2ccccc2)s1. The van der Waals surface area contributed by atoms with Gasteiger partial charge in [-0.25, -0.2) is 0 Å². The lowest BCUT2D eigenvalue weighted by atomic mass is 10.1. The molecule has 1 atom stereocenters. The van der Waals surface area contributed by atoms with Crippen LogP contribution in [0.5, 0.6) is 0 Å². The van der Waals surface area contributed by atoms with Crippen LogP contribution < -0.4 is 0 Å². The summed E-state index contributed by atoms with van der Waals surface area (Å²) in [6.07, 6.45) is 0. The van der Waals surface area contributed by atoms with E-state index in [0.29, 0.717) is 4.83 Å². The molecule has 0 saturated carbocycles. The van der Waals surface area contributed by atoms with Crippen LogP contribution in [0.4, 0.5) is 0 Å². The Hall–Kier alpha value is -0.600. The van der Waals surface area contributed by atoms with Gasteiger partial charge in [-0.05, 0) is 31.0 Å². The van der Waals surface area contributed by atoms with E-state index in [1.165, 1.54) is 20.9 Å². The minimum absolute atomic E-state index is 0.331. The maximum Gasteiger partial charge on any atom is 0.0740 e. The van der Waals surface area contributed by atoms with Crippen LogP contribution in [-0.2, 0) is 0 Å². The highest BCUT2D eigenvalue weighted by Gasteiger charge is 2.14. The maximum atomic E-state index is 3.77. The van der Waals surface area contributed by atoms with E-state index in [1.54, 1.807) is 0 Å². The number of thiophene rings is 1. The average Bonchev–Trinajstić information content (AvgIpc) is 2.58. The van der Waals surface area contributed by atoms with E-state index in [-0.39, 0.29) is 0 Å². The van der Waals surface area contributed by atoms with Crippen molar-refractivity contribution in [2.45, 2.75) is 18.7 Å². The van der Waals surface area contributed by atoms with Gasteiger partial charge >= 0.3 is 0 Å². The number of rotatable bonds is 2.